The molecule has 0 aliphatic rings. The van der Waals surface area contributed by atoms with Crippen LogP contribution in [0.5, 0.6) is 0 Å². The highest BCUT2D eigenvalue weighted by atomic mass is 32.1. The van der Waals surface area contributed by atoms with Crippen molar-refractivity contribution >= 4 is 113 Å². The summed E-state index contributed by atoms with van der Waals surface area (Å²) in [6.45, 7) is 0. The number of anilines is 3. The van der Waals surface area contributed by atoms with Crippen molar-refractivity contribution in [1.82, 2.24) is 4.57 Å². The Bertz CT molecular complexity index is 3380. The van der Waals surface area contributed by atoms with Gasteiger partial charge in [-0.1, -0.05) is 133 Å². The first kappa shape index (κ1) is 31.6. The molecule has 0 unspecified atom stereocenters. The Morgan fingerprint density at radius 3 is 1.61 bits per heavy atom. The molecule has 56 heavy (non-hydrogen) atoms. The molecule has 0 atom stereocenters. The second-order valence-electron chi connectivity index (χ2n) is 14.5. The molecule has 0 fully saturated rings. The summed E-state index contributed by atoms with van der Waals surface area (Å²) in [5.41, 5.74) is 9.50. The molecular formula is C52H32N2S2. The number of aromatic nitrogens is 1. The lowest BCUT2D eigenvalue weighted by molar-refractivity contribution is 1.19. The number of thiophene rings is 2. The largest absolute Gasteiger partial charge is 0.309 e. The van der Waals surface area contributed by atoms with Crippen LogP contribution in [0, 0.1) is 0 Å². The summed E-state index contributed by atoms with van der Waals surface area (Å²) in [4.78, 5) is 2.49. The number of hydrogen-bond acceptors (Lipinski definition) is 3. The van der Waals surface area contributed by atoms with Crippen molar-refractivity contribution in [2.75, 3.05) is 4.90 Å². The smallest absolute Gasteiger partial charge is 0.0640 e. The van der Waals surface area contributed by atoms with Gasteiger partial charge in [-0.25, -0.2) is 0 Å². The summed E-state index contributed by atoms with van der Waals surface area (Å²) < 4.78 is 7.63. The van der Waals surface area contributed by atoms with Gasteiger partial charge in [-0.05, 0) is 82.6 Å². The van der Waals surface area contributed by atoms with Crippen molar-refractivity contribution in [3.8, 4) is 16.8 Å². The Kier molecular flexibility index (Phi) is 7.00. The van der Waals surface area contributed by atoms with Gasteiger partial charge in [-0.15, -0.1) is 22.7 Å². The van der Waals surface area contributed by atoms with Gasteiger partial charge in [0.15, 0.2) is 0 Å². The fraction of sp³-hybridized carbons (Fsp3) is 0. The van der Waals surface area contributed by atoms with E-state index in [0.717, 1.165) is 5.69 Å². The molecule has 0 spiro atoms. The zero-order valence-electron chi connectivity index (χ0n) is 30.2. The number of para-hydroxylation sites is 1. The van der Waals surface area contributed by atoms with Gasteiger partial charge in [0.2, 0.25) is 0 Å². The highest BCUT2D eigenvalue weighted by Gasteiger charge is 2.22. The Hall–Kier alpha value is -6.72. The van der Waals surface area contributed by atoms with E-state index < -0.39 is 0 Å². The molecule has 3 heterocycles. The molecule has 12 aromatic rings. The fourth-order valence-corrected chi connectivity index (χ4v) is 11.2. The van der Waals surface area contributed by atoms with E-state index in [4.69, 9.17) is 0 Å². The molecule has 12 rings (SSSR count). The number of nitrogens with zero attached hydrogens (tertiary/aromatic N) is 2. The molecule has 0 saturated carbocycles. The van der Waals surface area contributed by atoms with Crippen LogP contribution < -0.4 is 4.90 Å². The van der Waals surface area contributed by atoms with Crippen molar-refractivity contribution in [2.24, 2.45) is 0 Å². The summed E-state index contributed by atoms with van der Waals surface area (Å²) in [6, 6.07) is 71.4. The van der Waals surface area contributed by atoms with E-state index in [2.05, 4.69) is 204 Å². The molecule has 9 aromatic carbocycles. The van der Waals surface area contributed by atoms with Crippen LogP contribution >= 0.6 is 22.7 Å². The molecule has 0 aliphatic heterocycles. The van der Waals surface area contributed by atoms with Gasteiger partial charge in [0.25, 0.3) is 0 Å². The maximum Gasteiger partial charge on any atom is 0.0640 e. The fourth-order valence-electron chi connectivity index (χ4n) is 8.77. The minimum atomic E-state index is 1.13. The zero-order valence-corrected chi connectivity index (χ0v) is 31.8. The van der Waals surface area contributed by atoms with Crippen LogP contribution in [0.1, 0.15) is 0 Å². The first-order chi connectivity index (χ1) is 27.8. The number of rotatable bonds is 5. The minimum Gasteiger partial charge on any atom is -0.309 e. The molecular weight excluding hydrogens is 717 g/mol. The Morgan fingerprint density at radius 1 is 0.357 bits per heavy atom. The second kappa shape index (κ2) is 12.4. The molecule has 0 radical (unpaired) electrons. The monoisotopic (exact) mass is 748 g/mol. The lowest BCUT2D eigenvalue weighted by Gasteiger charge is -2.27. The number of benzene rings is 9. The summed E-state index contributed by atoms with van der Waals surface area (Å²) in [7, 11) is 0. The van der Waals surface area contributed by atoms with Crippen molar-refractivity contribution in [3.63, 3.8) is 0 Å². The first-order valence-electron chi connectivity index (χ1n) is 19.0. The van der Waals surface area contributed by atoms with E-state index in [1.54, 1.807) is 0 Å². The van der Waals surface area contributed by atoms with Crippen LogP contribution in [-0.2, 0) is 0 Å². The standard InChI is InChI=1S/C52H32N2S2/c1-2-12-35-31-38(29-25-33(35)11-1)54-45-18-6-3-13-39(45)40-30-26-36(32-48(40)54)34-23-27-37(28-24-34)53(46-19-9-16-43-41-14-4-7-21-49(41)55-51(43)46)47-20-10-17-44-42-15-5-8-22-50(42)56-52(44)47/h1-32H. The van der Waals surface area contributed by atoms with Crippen molar-refractivity contribution < 1.29 is 0 Å². The van der Waals surface area contributed by atoms with Crippen LogP contribution in [0.15, 0.2) is 194 Å². The highest BCUT2D eigenvalue weighted by Crippen LogP contribution is 2.49. The third-order valence-electron chi connectivity index (χ3n) is 11.4. The van der Waals surface area contributed by atoms with Gasteiger partial charge in [-0.2, -0.15) is 0 Å². The van der Waals surface area contributed by atoms with Crippen LogP contribution in [0.3, 0.4) is 0 Å². The average molecular weight is 749 g/mol. The van der Waals surface area contributed by atoms with Crippen molar-refractivity contribution in [1.29, 1.82) is 0 Å². The molecule has 0 bridgehead atoms. The van der Waals surface area contributed by atoms with Gasteiger partial charge in [0.05, 0.1) is 31.8 Å². The first-order valence-corrected chi connectivity index (χ1v) is 20.6. The highest BCUT2D eigenvalue weighted by molar-refractivity contribution is 7.27. The van der Waals surface area contributed by atoms with Crippen LogP contribution in [0.2, 0.25) is 0 Å². The number of fused-ring (bicyclic) bond motifs is 10. The van der Waals surface area contributed by atoms with E-state index in [1.165, 1.54) is 101 Å². The van der Waals surface area contributed by atoms with E-state index in [9.17, 15) is 0 Å². The van der Waals surface area contributed by atoms with Crippen LogP contribution in [0.4, 0.5) is 17.1 Å². The summed E-state index contributed by atoms with van der Waals surface area (Å²) in [6.07, 6.45) is 0. The maximum atomic E-state index is 2.49. The Morgan fingerprint density at radius 2 is 0.911 bits per heavy atom. The molecule has 0 saturated heterocycles. The second-order valence-corrected chi connectivity index (χ2v) is 16.6. The van der Waals surface area contributed by atoms with E-state index in [1.807, 2.05) is 22.7 Å². The molecule has 2 nitrogen and oxygen atoms in total. The Balaban J connectivity index is 1.04. The third kappa shape index (κ3) is 4.80. The molecule has 0 amide bonds. The topological polar surface area (TPSA) is 8.17 Å². The number of hydrogen-bond donors (Lipinski definition) is 0. The molecule has 262 valence electrons. The predicted molar refractivity (Wildman–Crippen MR) is 244 cm³/mol. The quantitative estimate of drug-likeness (QED) is 0.170. The third-order valence-corrected chi connectivity index (χ3v) is 13.8. The summed E-state index contributed by atoms with van der Waals surface area (Å²) in [5, 5.41) is 10.2. The van der Waals surface area contributed by atoms with Gasteiger partial charge in [0, 0.05) is 53.1 Å². The lowest BCUT2D eigenvalue weighted by Crippen LogP contribution is -2.10. The van der Waals surface area contributed by atoms with Gasteiger partial charge in [0.1, 0.15) is 0 Å². The maximum absolute atomic E-state index is 2.49. The summed E-state index contributed by atoms with van der Waals surface area (Å²) in [5.74, 6) is 0. The Labute approximate surface area is 331 Å². The zero-order chi connectivity index (χ0) is 36.7. The van der Waals surface area contributed by atoms with Gasteiger partial charge in [-0.3, -0.25) is 0 Å². The average Bonchev–Trinajstić information content (AvgIpc) is 3.94. The van der Waals surface area contributed by atoms with E-state index >= 15 is 0 Å². The normalized spacial score (nSPS) is 11.9. The van der Waals surface area contributed by atoms with Gasteiger partial charge < -0.3 is 9.47 Å². The van der Waals surface area contributed by atoms with E-state index in [-0.39, 0.29) is 0 Å². The van der Waals surface area contributed by atoms with Crippen molar-refractivity contribution in [2.45, 2.75) is 0 Å². The molecule has 4 heteroatoms. The summed E-state index contributed by atoms with van der Waals surface area (Å²) >= 11 is 3.76. The SMILES string of the molecule is c1ccc2cc(-n3c4ccccc4c4ccc(-c5ccc(N(c6cccc7c6sc6ccccc67)c6cccc7c6sc6ccccc67)cc5)cc43)ccc2c1. The van der Waals surface area contributed by atoms with Crippen LogP contribution in [0.25, 0.3) is 89.7 Å². The molecule has 0 aliphatic carbocycles. The molecule has 0 N–H and O–H groups in total. The van der Waals surface area contributed by atoms with Gasteiger partial charge >= 0.3 is 0 Å². The minimum absolute atomic E-state index is 1.13. The molecule has 3 aromatic heterocycles. The van der Waals surface area contributed by atoms with Crippen LogP contribution in [-0.4, -0.2) is 4.57 Å². The van der Waals surface area contributed by atoms with Crippen molar-refractivity contribution in [3.05, 3.63) is 194 Å². The van der Waals surface area contributed by atoms with E-state index in [0.29, 0.717) is 0 Å². The predicted octanol–water partition coefficient (Wildman–Crippen LogP) is 15.8. The lowest BCUT2D eigenvalue weighted by atomic mass is 10.0.